The summed E-state index contributed by atoms with van der Waals surface area (Å²) in [6, 6.07) is 2.75. The number of hydrogen-bond acceptors (Lipinski definition) is 3. The zero-order valence-electron chi connectivity index (χ0n) is 11.7. The molecular formula is C15H26N2S. The SMILES string of the molecule is CCCC(C)C(NN)c1cc2c(s1)CCCCC2. The average molecular weight is 266 g/mol. The Bertz CT molecular complexity index is 349. The van der Waals surface area contributed by atoms with Crippen LogP contribution in [0.25, 0.3) is 0 Å². The first-order chi connectivity index (χ1) is 8.76. The predicted molar refractivity (Wildman–Crippen MR) is 79.7 cm³/mol. The highest BCUT2D eigenvalue weighted by Gasteiger charge is 2.21. The Morgan fingerprint density at radius 2 is 2.11 bits per heavy atom. The van der Waals surface area contributed by atoms with Crippen LogP contribution in [0.2, 0.25) is 0 Å². The van der Waals surface area contributed by atoms with Gasteiger partial charge in [0.1, 0.15) is 0 Å². The van der Waals surface area contributed by atoms with E-state index in [1.807, 2.05) is 11.3 Å². The van der Waals surface area contributed by atoms with E-state index in [0.29, 0.717) is 12.0 Å². The van der Waals surface area contributed by atoms with Crippen molar-refractivity contribution in [2.75, 3.05) is 0 Å². The van der Waals surface area contributed by atoms with Crippen molar-refractivity contribution in [1.82, 2.24) is 5.43 Å². The summed E-state index contributed by atoms with van der Waals surface area (Å²) < 4.78 is 0. The molecule has 2 nitrogen and oxygen atoms in total. The highest BCUT2D eigenvalue weighted by Crippen LogP contribution is 2.35. The van der Waals surface area contributed by atoms with Crippen LogP contribution in [0, 0.1) is 5.92 Å². The van der Waals surface area contributed by atoms with Gasteiger partial charge < -0.3 is 0 Å². The van der Waals surface area contributed by atoms with Crippen LogP contribution in [0.3, 0.4) is 0 Å². The Morgan fingerprint density at radius 3 is 2.83 bits per heavy atom. The third kappa shape index (κ3) is 3.14. The molecule has 18 heavy (non-hydrogen) atoms. The molecule has 0 aromatic carbocycles. The van der Waals surface area contributed by atoms with E-state index in [1.54, 1.807) is 10.4 Å². The van der Waals surface area contributed by atoms with Gasteiger partial charge in [-0.2, -0.15) is 0 Å². The standard InChI is InChI=1S/C15H26N2S/c1-3-7-11(2)15(17-16)14-10-12-8-5-4-6-9-13(12)18-14/h10-11,15,17H,3-9,16H2,1-2H3. The fraction of sp³-hybridized carbons (Fsp3) is 0.733. The Hall–Kier alpha value is -0.380. The lowest BCUT2D eigenvalue weighted by Gasteiger charge is -2.21. The number of thiophene rings is 1. The minimum atomic E-state index is 0.335. The molecule has 0 aliphatic heterocycles. The normalized spacial score (nSPS) is 19.1. The van der Waals surface area contributed by atoms with Crippen LogP contribution in [0.5, 0.6) is 0 Å². The molecule has 0 spiro atoms. The average Bonchev–Trinajstić information content (AvgIpc) is 2.61. The molecule has 0 saturated carbocycles. The van der Waals surface area contributed by atoms with Crippen molar-refractivity contribution in [1.29, 1.82) is 0 Å². The molecule has 0 saturated heterocycles. The maximum atomic E-state index is 5.78. The van der Waals surface area contributed by atoms with Gasteiger partial charge in [0.25, 0.3) is 0 Å². The summed E-state index contributed by atoms with van der Waals surface area (Å²) in [6.45, 7) is 4.55. The molecule has 3 heteroatoms. The Kier molecular flexibility index (Phi) is 5.22. The lowest BCUT2D eigenvalue weighted by atomic mass is 9.95. The molecule has 0 amide bonds. The monoisotopic (exact) mass is 266 g/mol. The number of nitrogens with one attached hydrogen (secondary N) is 1. The number of hydrogen-bond donors (Lipinski definition) is 2. The van der Waals surface area contributed by atoms with Crippen molar-refractivity contribution in [2.24, 2.45) is 11.8 Å². The van der Waals surface area contributed by atoms with Gasteiger partial charge in [-0.25, -0.2) is 0 Å². The van der Waals surface area contributed by atoms with Crippen LogP contribution in [-0.2, 0) is 12.8 Å². The quantitative estimate of drug-likeness (QED) is 0.481. The zero-order chi connectivity index (χ0) is 13.0. The van der Waals surface area contributed by atoms with Crippen LogP contribution in [0.1, 0.15) is 67.3 Å². The van der Waals surface area contributed by atoms with E-state index in [9.17, 15) is 0 Å². The van der Waals surface area contributed by atoms with E-state index in [0.717, 1.165) is 0 Å². The fourth-order valence-electron chi connectivity index (χ4n) is 2.99. The van der Waals surface area contributed by atoms with E-state index in [2.05, 4.69) is 25.3 Å². The first kappa shape index (κ1) is 14.0. The van der Waals surface area contributed by atoms with E-state index in [4.69, 9.17) is 5.84 Å². The van der Waals surface area contributed by atoms with Crippen LogP contribution in [0.15, 0.2) is 6.07 Å². The maximum Gasteiger partial charge on any atom is 0.0578 e. The van der Waals surface area contributed by atoms with Crippen molar-refractivity contribution < 1.29 is 0 Å². The van der Waals surface area contributed by atoms with Gasteiger partial charge in [0.05, 0.1) is 6.04 Å². The Balaban J connectivity index is 2.16. The summed E-state index contributed by atoms with van der Waals surface area (Å²) in [5.74, 6) is 6.39. The molecule has 0 bridgehead atoms. The molecule has 1 heterocycles. The molecule has 0 radical (unpaired) electrons. The van der Waals surface area contributed by atoms with Gasteiger partial charge in [-0.3, -0.25) is 11.3 Å². The highest BCUT2D eigenvalue weighted by atomic mass is 32.1. The smallest absolute Gasteiger partial charge is 0.0578 e. The summed E-state index contributed by atoms with van der Waals surface area (Å²) in [5, 5.41) is 0. The van der Waals surface area contributed by atoms with Gasteiger partial charge in [-0.15, -0.1) is 11.3 Å². The second kappa shape index (κ2) is 6.69. The first-order valence-corrected chi connectivity index (χ1v) is 8.15. The lowest BCUT2D eigenvalue weighted by molar-refractivity contribution is 0.373. The summed E-state index contributed by atoms with van der Waals surface area (Å²) >= 11 is 1.99. The molecule has 2 atom stereocenters. The summed E-state index contributed by atoms with van der Waals surface area (Å²) in [6.07, 6.45) is 9.11. The van der Waals surface area contributed by atoms with Gasteiger partial charge in [0.15, 0.2) is 0 Å². The first-order valence-electron chi connectivity index (χ1n) is 7.33. The Morgan fingerprint density at radius 1 is 1.33 bits per heavy atom. The molecular weight excluding hydrogens is 240 g/mol. The van der Waals surface area contributed by atoms with Gasteiger partial charge in [0, 0.05) is 9.75 Å². The van der Waals surface area contributed by atoms with Gasteiger partial charge in [0.2, 0.25) is 0 Å². The second-order valence-corrected chi connectivity index (χ2v) is 6.74. The third-order valence-electron chi connectivity index (χ3n) is 4.06. The Labute approximate surface area is 115 Å². The highest BCUT2D eigenvalue weighted by molar-refractivity contribution is 7.12. The molecule has 3 N–H and O–H groups in total. The molecule has 0 fully saturated rings. The van der Waals surface area contributed by atoms with Crippen molar-refractivity contribution in [3.8, 4) is 0 Å². The van der Waals surface area contributed by atoms with Crippen molar-refractivity contribution in [3.63, 3.8) is 0 Å². The molecule has 2 unspecified atom stereocenters. The zero-order valence-corrected chi connectivity index (χ0v) is 12.5. The summed E-state index contributed by atoms with van der Waals surface area (Å²) in [7, 11) is 0. The molecule has 102 valence electrons. The number of hydrazine groups is 1. The van der Waals surface area contributed by atoms with Crippen LogP contribution < -0.4 is 11.3 Å². The molecule has 1 aliphatic carbocycles. The lowest BCUT2D eigenvalue weighted by Crippen LogP contribution is -2.32. The molecule has 1 aromatic rings. The topological polar surface area (TPSA) is 38.0 Å². The van der Waals surface area contributed by atoms with Crippen LogP contribution in [0.4, 0.5) is 0 Å². The van der Waals surface area contributed by atoms with E-state index in [-0.39, 0.29) is 0 Å². The fourth-order valence-corrected chi connectivity index (χ4v) is 4.44. The summed E-state index contributed by atoms with van der Waals surface area (Å²) in [4.78, 5) is 3.07. The molecule has 2 rings (SSSR count). The molecule has 1 aliphatic rings. The van der Waals surface area contributed by atoms with Crippen molar-refractivity contribution >= 4 is 11.3 Å². The van der Waals surface area contributed by atoms with Gasteiger partial charge >= 0.3 is 0 Å². The van der Waals surface area contributed by atoms with Crippen LogP contribution >= 0.6 is 11.3 Å². The van der Waals surface area contributed by atoms with Crippen LogP contribution in [-0.4, -0.2) is 0 Å². The van der Waals surface area contributed by atoms with E-state index >= 15 is 0 Å². The van der Waals surface area contributed by atoms with E-state index < -0.39 is 0 Å². The molecule has 1 aromatic heterocycles. The van der Waals surface area contributed by atoms with Gasteiger partial charge in [-0.05, 0) is 49.7 Å². The maximum absolute atomic E-state index is 5.78. The minimum Gasteiger partial charge on any atom is -0.271 e. The summed E-state index contributed by atoms with van der Waals surface area (Å²) in [5.41, 5.74) is 4.63. The third-order valence-corrected chi connectivity index (χ3v) is 5.38. The van der Waals surface area contributed by atoms with Gasteiger partial charge in [-0.1, -0.05) is 26.7 Å². The second-order valence-electron chi connectivity index (χ2n) is 5.57. The van der Waals surface area contributed by atoms with Crippen molar-refractivity contribution in [3.05, 3.63) is 21.4 Å². The van der Waals surface area contributed by atoms with Crippen molar-refractivity contribution in [2.45, 2.75) is 64.8 Å². The number of fused-ring (bicyclic) bond motifs is 1. The minimum absolute atomic E-state index is 0.335. The number of nitrogens with two attached hydrogens (primary N) is 1. The predicted octanol–water partition coefficient (Wildman–Crippen LogP) is 3.96. The van der Waals surface area contributed by atoms with E-state index in [1.165, 1.54) is 49.8 Å². The number of aryl methyl sites for hydroxylation is 2. The number of rotatable bonds is 5. The largest absolute Gasteiger partial charge is 0.271 e.